The van der Waals surface area contributed by atoms with E-state index in [1.165, 1.54) is 11.1 Å². The maximum absolute atomic E-state index is 3.02. The number of aryl methyl sites for hydroxylation is 2. The second-order valence-corrected chi connectivity index (χ2v) is 1.94. The number of benzene rings is 1. The van der Waals surface area contributed by atoms with Crippen LogP contribution in [0.3, 0.4) is 0 Å². The smallest absolute Gasteiger partial charge is 0.356 e. The van der Waals surface area contributed by atoms with E-state index in [1.54, 1.807) is 0 Å². The second-order valence-electron chi connectivity index (χ2n) is 1.94. The molecule has 0 amide bonds. The molecule has 0 saturated heterocycles. The van der Waals surface area contributed by atoms with E-state index in [0.717, 1.165) is 0 Å². The Morgan fingerprint density at radius 3 is 1.60 bits per heavy atom. The van der Waals surface area contributed by atoms with Crippen molar-refractivity contribution < 1.29 is 116 Å². The monoisotopic (exact) mass is 274 g/mol. The zero-order valence-corrected chi connectivity index (χ0v) is 17.0. The van der Waals surface area contributed by atoms with Gasteiger partial charge in [0.15, 0.2) is 0 Å². The van der Waals surface area contributed by atoms with Crippen molar-refractivity contribution in [2.24, 2.45) is 0 Å². The van der Waals surface area contributed by atoms with E-state index in [1.807, 2.05) is 19.9 Å². The molecule has 0 bridgehead atoms. The van der Waals surface area contributed by atoms with Crippen molar-refractivity contribution in [3.05, 3.63) is 35.4 Å². The van der Waals surface area contributed by atoms with E-state index >= 15 is 0 Å². The van der Waals surface area contributed by atoms with Gasteiger partial charge in [-0.2, -0.15) is 0 Å². The van der Waals surface area contributed by atoms with Crippen molar-refractivity contribution >= 4 is 0 Å². The van der Waals surface area contributed by atoms with Crippen LogP contribution in [0.2, 0.25) is 0 Å². The Morgan fingerprint density at radius 2 is 1.40 bits per heavy atom. The molecule has 0 unspecified atom stereocenters. The molecular formula is C8H8Rb2. The van der Waals surface area contributed by atoms with Crippen LogP contribution in [0.25, 0.3) is 0 Å². The van der Waals surface area contributed by atoms with Gasteiger partial charge in [-0.15, -0.1) is 0 Å². The van der Waals surface area contributed by atoms with Gasteiger partial charge in [-0.1, -0.05) is 13.8 Å². The molecule has 0 aliphatic carbocycles. The largest absolute Gasteiger partial charge is 1.00 e. The van der Waals surface area contributed by atoms with E-state index in [2.05, 4.69) is 18.2 Å². The standard InChI is InChI=1S/C8H8.2Rb/c1-7-4-3-5-8(2)6-7;;/h3,6H,1-2H3;;/q-2;2*+1. The molecule has 0 saturated carbocycles. The molecule has 42 valence electrons. The fourth-order valence-corrected chi connectivity index (χ4v) is 0.672. The van der Waals surface area contributed by atoms with Crippen LogP contribution >= 0.6 is 0 Å². The molecule has 0 N–H and O–H groups in total. The predicted octanol–water partition coefficient (Wildman–Crippen LogP) is -4.09. The first-order chi connectivity index (χ1) is 3.79. The summed E-state index contributed by atoms with van der Waals surface area (Å²) in [5.41, 5.74) is 2.36. The van der Waals surface area contributed by atoms with Gasteiger partial charge in [-0.3, -0.25) is 17.2 Å². The van der Waals surface area contributed by atoms with Gasteiger partial charge in [0.1, 0.15) is 0 Å². The second kappa shape index (κ2) is 8.43. The third-order valence-corrected chi connectivity index (χ3v) is 1.03. The van der Waals surface area contributed by atoms with Gasteiger partial charge in [0, 0.05) is 0 Å². The normalized spacial score (nSPS) is 7.40. The average molecular weight is 275 g/mol. The molecule has 0 spiro atoms. The maximum atomic E-state index is 3.02. The summed E-state index contributed by atoms with van der Waals surface area (Å²) in [6, 6.07) is 9.91. The Balaban J connectivity index is 0. The Labute approximate surface area is 161 Å². The van der Waals surface area contributed by atoms with E-state index in [4.69, 9.17) is 0 Å². The summed E-state index contributed by atoms with van der Waals surface area (Å²) in [6.07, 6.45) is 0. The summed E-state index contributed by atoms with van der Waals surface area (Å²) in [5.74, 6) is 0. The molecule has 1 rings (SSSR count). The molecule has 0 aromatic heterocycles. The summed E-state index contributed by atoms with van der Waals surface area (Å²) in [5, 5.41) is 0. The Morgan fingerprint density at radius 1 is 1.00 bits per heavy atom. The van der Waals surface area contributed by atoms with E-state index in [0.29, 0.717) is 0 Å². The molecule has 1 aromatic carbocycles. The zero-order chi connectivity index (χ0) is 5.98. The van der Waals surface area contributed by atoms with Crippen LogP contribution in [0, 0.1) is 26.0 Å². The van der Waals surface area contributed by atoms with Crippen molar-refractivity contribution in [1.29, 1.82) is 0 Å². The Hall–Kier alpha value is 2.83. The van der Waals surface area contributed by atoms with Crippen LogP contribution < -0.4 is 116 Å². The van der Waals surface area contributed by atoms with E-state index in [9.17, 15) is 0 Å². The summed E-state index contributed by atoms with van der Waals surface area (Å²) < 4.78 is 0. The third-order valence-electron chi connectivity index (χ3n) is 1.03. The first kappa shape index (κ1) is 15.3. The van der Waals surface area contributed by atoms with Crippen molar-refractivity contribution in [3.63, 3.8) is 0 Å². The quantitative estimate of drug-likeness (QED) is 0.422. The summed E-state index contributed by atoms with van der Waals surface area (Å²) in [6.45, 7) is 4.06. The number of rotatable bonds is 0. The van der Waals surface area contributed by atoms with Crippen molar-refractivity contribution in [1.82, 2.24) is 0 Å². The minimum atomic E-state index is 0. The van der Waals surface area contributed by atoms with Crippen LogP contribution in [0.15, 0.2) is 12.1 Å². The molecule has 0 atom stereocenters. The maximum Gasteiger partial charge on any atom is 1.00 e. The van der Waals surface area contributed by atoms with Crippen molar-refractivity contribution in [3.8, 4) is 0 Å². The number of hydrogen-bond acceptors (Lipinski definition) is 0. The van der Waals surface area contributed by atoms with E-state index in [-0.39, 0.29) is 116 Å². The molecule has 10 heavy (non-hydrogen) atoms. The average Bonchev–Trinajstić information content (AvgIpc) is 1.64. The van der Waals surface area contributed by atoms with Gasteiger partial charge < -0.3 is 18.2 Å². The van der Waals surface area contributed by atoms with Gasteiger partial charge >= 0.3 is 116 Å². The van der Waals surface area contributed by atoms with Gasteiger partial charge in [-0.05, 0) is 0 Å². The van der Waals surface area contributed by atoms with Crippen LogP contribution in [0.5, 0.6) is 0 Å². The first-order valence-electron chi connectivity index (χ1n) is 2.65. The van der Waals surface area contributed by atoms with Gasteiger partial charge in [0.2, 0.25) is 0 Å². The van der Waals surface area contributed by atoms with Gasteiger partial charge in [-0.25, -0.2) is 0 Å². The van der Waals surface area contributed by atoms with Crippen molar-refractivity contribution in [2.45, 2.75) is 13.8 Å². The molecule has 0 fully saturated rings. The van der Waals surface area contributed by atoms with Gasteiger partial charge in [0.05, 0.1) is 0 Å². The van der Waals surface area contributed by atoms with Crippen molar-refractivity contribution in [2.75, 3.05) is 0 Å². The molecule has 0 radical (unpaired) electrons. The van der Waals surface area contributed by atoms with Crippen LogP contribution in [0.1, 0.15) is 11.1 Å². The summed E-state index contributed by atoms with van der Waals surface area (Å²) in [7, 11) is 0. The Kier molecular flexibility index (Phi) is 12.9. The first-order valence-corrected chi connectivity index (χ1v) is 2.65. The Bertz CT molecular complexity index is 167. The van der Waals surface area contributed by atoms with Gasteiger partial charge in [0.25, 0.3) is 0 Å². The fourth-order valence-electron chi connectivity index (χ4n) is 0.672. The van der Waals surface area contributed by atoms with E-state index < -0.39 is 0 Å². The third kappa shape index (κ3) is 6.36. The van der Waals surface area contributed by atoms with Crippen LogP contribution in [-0.2, 0) is 0 Å². The summed E-state index contributed by atoms with van der Waals surface area (Å²) >= 11 is 0. The minimum absolute atomic E-state index is 0. The molecule has 0 heterocycles. The SMILES string of the molecule is Cc1[c-]c[c-]c(C)c1.[Rb+].[Rb+]. The predicted molar refractivity (Wildman–Crippen MR) is 33.6 cm³/mol. The fraction of sp³-hybridized carbons (Fsp3) is 0.250. The topological polar surface area (TPSA) is 0 Å². The summed E-state index contributed by atoms with van der Waals surface area (Å²) in [4.78, 5) is 0. The molecular weight excluding hydrogens is 267 g/mol. The van der Waals surface area contributed by atoms with Crippen LogP contribution in [-0.4, -0.2) is 0 Å². The zero-order valence-electron chi connectivity index (χ0n) is 7.15. The molecule has 2 heteroatoms. The number of hydrogen-bond donors (Lipinski definition) is 0. The molecule has 0 nitrogen and oxygen atoms in total. The minimum Gasteiger partial charge on any atom is -0.356 e. The van der Waals surface area contributed by atoms with Crippen LogP contribution in [0.4, 0.5) is 0 Å². The molecule has 0 aliphatic rings. The molecule has 0 aliphatic heterocycles. The molecule has 1 aromatic rings.